The molecule has 2 rings (SSSR count). The molecule has 0 spiro atoms. The second-order valence-electron chi connectivity index (χ2n) is 5.45. The van der Waals surface area contributed by atoms with E-state index in [-0.39, 0.29) is 5.25 Å². The summed E-state index contributed by atoms with van der Waals surface area (Å²) in [5.74, 6) is 0. The Morgan fingerprint density at radius 2 is 2.06 bits per heavy atom. The molecule has 1 aromatic rings. The van der Waals surface area contributed by atoms with E-state index in [2.05, 4.69) is 0 Å². The second-order valence-corrected chi connectivity index (χ2v) is 7.76. The van der Waals surface area contributed by atoms with Crippen LogP contribution < -0.4 is 0 Å². The fourth-order valence-electron chi connectivity index (χ4n) is 2.39. The Labute approximate surface area is 102 Å². The third-order valence-electron chi connectivity index (χ3n) is 3.12. The van der Waals surface area contributed by atoms with Crippen molar-refractivity contribution in [1.29, 1.82) is 0 Å². The Balaban J connectivity index is 2.56. The van der Waals surface area contributed by atoms with E-state index in [4.69, 9.17) is 0 Å². The molecule has 1 aliphatic rings. The average molecular weight is 254 g/mol. The lowest BCUT2D eigenvalue weighted by molar-refractivity contribution is 0.0803. The molecular formula is C13H18O3S. The molecule has 0 bridgehead atoms. The van der Waals surface area contributed by atoms with Gasteiger partial charge in [0.05, 0.1) is 15.7 Å². The molecule has 0 aliphatic carbocycles. The first kappa shape index (κ1) is 12.6. The summed E-state index contributed by atoms with van der Waals surface area (Å²) in [5, 5.41) is 9.50. The van der Waals surface area contributed by atoms with Gasteiger partial charge < -0.3 is 5.11 Å². The van der Waals surface area contributed by atoms with Crippen LogP contribution in [-0.4, -0.2) is 24.4 Å². The van der Waals surface area contributed by atoms with Crippen molar-refractivity contribution in [3.63, 3.8) is 0 Å². The Morgan fingerprint density at radius 1 is 1.41 bits per heavy atom. The molecule has 94 valence electrons. The lowest BCUT2D eigenvalue weighted by Gasteiger charge is -2.19. The van der Waals surface area contributed by atoms with Crippen LogP contribution >= 0.6 is 0 Å². The highest BCUT2D eigenvalue weighted by molar-refractivity contribution is 7.92. The zero-order valence-corrected chi connectivity index (χ0v) is 11.2. The predicted molar refractivity (Wildman–Crippen MR) is 66.8 cm³/mol. The van der Waals surface area contributed by atoms with E-state index in [0.717, 1.165) is 11.1 Å². The summed E-state index contributed by atoms with van der Waals surface area (Å²) in [6, 6.07) is 5.53. The molecule has 3 nitrogen and oxygen atoms in total. The molecule has 0 aromatic heterocycles. The van der Waals surface area contributed by atoms with Gasteiger partial charge in [-0.25, -0.2) is 8.42 Å². The summed E-state index contributed by atoms with van der Waals surface area (Å²) < 4.78 is 24.4. The maximum atomic E-state index is 12.2. The van der Waals surface area contributed by atoms with E-state index in [1.165, 1.54) is 0 Å². The van der Waals surface area contributed by atoms with Gasteiger partial charge >= 0.3 is 0 Å². The molecule has 17 heavy (non-hydrogen) atoms. The van der Waals surface area contributed by atoms with Gasteiger partial charge in [-0.3, -0.25) is 0 Å². The standard InChI is InChI=1S/C13H18O3S/c1-9-7-10-5-4-6-11(8-13(2,3)14)12(10)17(9,15)16/h4-6,9,14H,7-8H2,1-3H3. The van der Waals surface area contributed by atoms with E-state index in [1.54, 1.807) is 26.8 Å². The highest BCUT2D eigenvalue weighted by Gasteiger charge is 2.36. The van der Waals surface area contributed by atoms with Crippen molar-refractivity contribution in [3.05, 3.63) is 29.3 Å². The van der Waals surface area contributed by atoms with E-state index in [1.807, 2.05) is 12.1 Å². The summed E-state index contributed by atoms with van der Waals surface area (Å²) in [7, 11) is -3.20. The zero-order chi connectivity index (χ0) is 12.8. The van der Waals surface area contributed by atoms with Crippen LogP contribution in [0.15, 0.2) is 23.1 Å². The zero-order valence-electron chi connectivity index (χ0n) is 10.4. The van der Waals surface area contributed by atoms with Crippen LogP contribution in [0.1, 0.15) is 31.9 Å². The molecule has 4 heteroatoms. The molecule has 1 aromatic carbocycles. The SMILES string of the molecule is CC1Cc2cccc(CC(C)(C)O)c2S1(=O)=O. The lowest BCUT2D eigenvalue weighted by atomic mass is 9.96. The maximum absolute atomic E-state index is 12.2. The molecule has 1 heterocycles. The molecule has 1 N–H and O–H groups in total. The van der Waals surface area contributed by atoms with Crippen LogP contribution in [0.2, 0.25) is 0 Å². The number of benzene rings is 1. The van der Waals surface area contributed by atoms with Crippen molar-refractivity contribution < 1.29 is 13.5 Å². The largest absolute Gasteiger partial charge is 0.390 e. The van der Waals surface area contributed by atoms with Crippen molar-refractivity contribution in [2.24, 2.45) is 0 Å². The van der Waals surface area contributed by atoms with Crippen LogP contribution in [0.5, 0.6) is 0 Å². The molecule has 0 saturated carbocycles. The number of hydrogen-bond donors (Lipinski definition) is 1. The molecular weight excluding hydrogens is 236 g/mol. The first-order valence-electron chi connectivity index (χ1n) is 5.79. The third-order valence-corrected chi connectivity index (χ3v) is 5.44. The smallest absolute Gasteiger partial charge is 0.181 e. The van der Waals surface area contributed by atoms with E-state index >= 15 is 0 Å². The molecule has 0 amide bonds. The van der Waals surface area contributed by atoms with Gasteiger partial charge in [0.15, 0.2) is 9.84 Å². The fraction of sp³-hybridized carbons (Fsp3) is 0.538. The average Bonchev–Trinajstić information content (AvgIpc) is 2.36. The second kappa shape index (κ2) is 3.82. The Morgan fingerprint density at radius 3 is 2.65 bits per heavy atom. The number of hydrogen-bond acceptors (Lipinski definition) is 3. The first-order valence-corrected chi connectivity index (χ1v) is 7.33. The minimum Gasteiger partial charge on any atom is -0.390 e. The van der Waals surface area contributed by atoms with Crippen molar-refractivity contribution in [2.45, 2.75) is 49.4 Å². The van der Waals surface area contributed by atoms with Gasteiger partial charge in [-0.1, -0.05) is 18.2 Å². The van der Waals surface area contributed by atoms with E-state index < -0.39 is 15.4 Å². The quantitative estimate of drug-likeness (QED) is 0.874. The van der Waals surface area contributed by atoms with Gasteiger partial charge in [0.25, 0.3) is 0 Å². The summed E-state index contributed by atoms with van der Waals surface area (Å²) in [5.41, 5.74) is 0.731. The van der Waals surface area contributed by atoms with Crippen LogP contribution in [0.25, 0.3) is 0 Å². The molecule has 0 saturated heterocycles. The number of sulfone groups is 1. The van der Waals surface area contributed by atoms with Crippen LogP contribution in [-0.2, 0) is 22.7 Å². The number of fused-ring (bicyclic) bond motifs is 1. The molecule has 0 radical (unpaired) electrons. The lowest BCUT2D eigenvalue weighted by Crippen LogP contribution is -2.23. The summed E-state index contributed by atoms with van der Waals surface area (Å²) >= 11 is 0. The number of rotatable bonds is 2. The summed E-state index contributed by atoms with van der Waals surface area (Å²) in [6.45, 7) is 5.12. The Kier molecular flexibility index (Phi) is 2.83. The summed E-state index contributed by atoms with van der Waals surface area (Å²) in [6.07, 6.45) is 0.944. The monoisotopic (exact) mass is 254 g/mol. The van der Waals surface area contributed by atoms with E-state index in [0.29, 0.717) is 17.7 Å². The Hall–Kier alpha value is -0.870. The fourth-order valence-corrected chi connectivity index (χ4v) is 4.21. The van der Waals surface area contributed by atoms with Crippen molar-refractivity contribution >= 4 is 9.84 Å². The highest BCUT2D eigenvalue weighted by Crippen LogP contribution is 2.35. The van der Waals surface area contributed by atoms with Gasteiger partial charge in [0, 0.05) is 6.42 Å². The third kappa shape index (κ3) is 2.24. The normalized spacial score (nSPS) is 22.5. The van der Waals surface area contributed by atoms with Crippen LogP contribution in [0.4, 0.5) is 0 Å². The van der Waals surface area contributed by atoms with Gasteiger partial charge in [-0.15, -0.1) is 0 Å². The minimum absolute atomic E-state index is 0.347. The van der Waals surface area contributed by atoms with Crippen molar-refractivity contribution in [1.82, 2.24) is 0 Å². The maximum Gasteiger partial charge on any atom is 0.181 e. The minimum atomic E-state index is -3.20. The van der Waals surface area contributed by atoms with Gasteiger partial charge in [0.1, 0.15) is 0 Å². The van der Waals surface area contributed by atoms with E-state index in [9.17, 15) is 13.5 Å². The predicted octanol–water partition coefficient (Wildman–Crippen LogP) is 1.72. The van der Waals surface area contributed by atoms with Crippen LogP contribution in [0.3, 0.4) is 0 Å². The van der Waals surface area contributed by atoms with Gasteiger partial charge in [0.2, 0.25) is 0 Å². The first-order chi connectivity index (χ1) is 7.72. The summed E-state index contributed by atoms with van der Waals surface area (Å²) in [4.78, 5) is 0.453. The van der Waals surface area contributed by atoms with Gasteiger partial charge in [-0.05, 0) is 38.3 Å². The Bertz CT molecular complexity index is 538. The van der Waals surface area contributed by atoms with Crippen LogP contribution in [0, 0.1) is 0 Å². The molecule has 0 fully saturated rings. The molecule has 1 aliphatic heterocycles. The molecule has 1 atom stereocenters. The highest BCUT2D eigenvalue weighted by atomic mass is 32.2. The molecule has 1 unspecified atom stereocenters. The topological polar surface area (TPSA) is 54.4 Å². The van der Waals surface area contributed by atoms with Gasteiger partial charge in [-0.2, -0.15) is 0 Å². The van der Waals surface area contributed by atoms with Crippen molar-refractivity contribution in [3.8, 4) is 0 Å². The number of aliphatic hydroxyl groups is 1. The van der Waals surface area contributed by atoms with Crippen molar-refractivity contribution in [2.75, 3.05) is 0 Å².